The number of hydrogen-bond acceptors (Lipinski definition) is 2. The molecule has 3 heteroatoms. The van der Waals surface area contributed by atoms with Gasteiger partial charge in [-0.25, -0.2) is 0 Å². The number of ether oxygens (including phenoxy) is 1. The third-order valence-electron chi connectivity index (χ3n) is 2.82. The number of benzene rings is 1. The Hall–Kier alpha value is -1.04. The first-order valence-electron chi connectivity index (χ1n) is 5.06. The van der Waals surface area contributed by atoms with E-state index >= 15 is 0 Å². The average molecular weight is 222 g/mol. The number of halogens is 1. The number of nitrogens with zero attached hydrogens (tertiary/aromatic N) is 1. The van der Waals surface area contributed by atoms with Gasteiger partial charge < -0.3 is 4.74 Å². The van der Waals surface area contributed by atoms with Crippen LogP contribution in [0.25, 0.3) is 0 Å². The second-order valence-electron chi connectivity index (χ2n) is 3.67. The van der Waals surface area contributed by atoms with Crippen LogP contribution in [0.1, 0.15) is 24.5 Å². The van der Waals surface area contributed by atoms with Crippen molar-refractivity contribution in [1.82, 2.24) is 0 Å². The van der Waals surface area contributed by atoms with Crippen LogP contribution in [0.5, 0.6) is 0 Å². The molecular formula is C12H12ClNO. The summed E-state index contributed by atoms with van der Waals surface area (Å²) in [4.78, 5) is 0. The summed E-state index contributed by atoms with van der Waals surface area (Å²) in [7, 11) is 0. The Morgan fingerprint density at radius 1 is 1.60 bits per heavy atom. The van der Waals surface area contributed by atoms with Crippen molar-refractivity contribution in [2.75, 3.05) is 6.61 Å². The predicted molar refractivity (Wildman–Crippen MR) is 58.7 cm³/mol. The van der Waals surface area contributed by atoms with Crippen LogP contribution in [-0.2, 0) is 16.8 Å². The van der Waals surface area contributed by atoms with E-state index in [2.05, 4.69) is 6.07 Å². The number of aryl methyl sites for hydroxylation is 1. The highest BCUT2D eigenvalue weighted by molar-refractivity contribution is 6.30. The quantitative estimate of drug-likeness (QED) is 0.769. The summed E-state index contributed by atoms with van der Waals surface area (Å²) in [6, 6.07) is 7.94. The van der Waals surface area contributed by atoms with Gasteiger partial charge in [-0.3, -0.25) is 0 Å². The van der Waals surface area contributed by atoms with Gasteiger partial charge in [0.1, 0.15) is 6.07 Å². The highest BCUT2D eigenvalue weighted by atomic mass is 35.5. The van der Waals surface area contributed by atoms with Crippen molar-refractivity contribution in [1.29, 1.82) is 5.26 Å². The molecule has 0 N–H and O–H groups in total. The minimum absolute atomic E-state index is 0.551. The van der Waals surface area contributed by atoms with Crippen LogP contribution < -0.4 is 0 Å². The standard InChI is InChI=1S/C12H12ClNO/c1-2-15-12(8-14)6-5-9-7-10(13)3-4-11(9)12/h3-4,7H,2,5-6H2,1H3. The lowest BCUT2D eigenvalue weighted by molar-refractivity contribution is 0.00332. The smallest absolute Gasteiger partial charge is 0.180 e. The molecule has 0 fully saturated rings. The number of fused-ring (bicyclic) bond motifs is 1. The molecule has 0 bridgehead atoms. The van der Waals surface area contributed by atoms with Gasteiger partial charge in [0.25, 0.3) is 0 Å². The van der Waals surface area contributed by atoms with Gasteiger partial charge in [-0.2, -0.15) is 5.26 Å². The normalized spacial score (nSPS) is 23.5. The molecule has 0 spiro atoms. The second kappa shape index (κ2) is 3.84. The third kappa shape index (κ3) is 1.62. The summed E-state index contributed by atoms with van der Waals surface area (Å²) in [5, 5.41) is 9.98. The van der Waals surface area contributed by atoms with E-state index < -0.39 is 5.60 Å². The van der Waals surface area contributed by atoms with Crippen LogP contribution >= 0.6 is 11.6 Å². The maximum absolute atomic E-state index is 9.26. The van der Waals surface area contributed by atoms with Crippen LogP contribution in [0.4, 0.5) is 0 Å². The third-order valence-corrected chi connectivity index (χ3v) is 3.06. The molecular weight excluding hydrogens is 210 g/mol. The number of hydrogen-bond donors (Lipinski definition) is 0. The SMILES string of the molecule is CCOC1(C#N)CCc2cc(Cl)ccc21. The van der Waals surface area contributed by atoms with Gasteiger partial charge >= 0.3 is 0 Å². The lowest BCUT2D eigenvalue weighted by Gasteiger charge is -2.21. The number of nitriles is 1. The zero-order valence-electron chi connectivity index (χ0n) is 8.59. The highest BCUT2D eigenvalue weighted by Crippen LogP contribution is 2.40. The van der Waals surface area contributed by atoms with E-state index in [1.54, 1.807) is 0 Å². The molecule has 1 unspecified atom stereocenters. The molecule has 1 aromatic carbocycles. The average Bonchev–Trinajstić information content (AvgIpc) is 2.58. The van der Waals surface area contributed by atoms with Gasteiger partial charge in [0, 0.05) is 17.2 Å². The monoisotopic (exact) mass is 221 g/mol. The Morgan fingerprint density at radius 3 is 3.07 bits per heavy atom. The van der Waals surface area contributed by atoms with E-state index in [0.29, 0.717) is 6.61 Å². The molecule has 0 aliphatic heterocycles. The second-order valence-corrected chi connectivity index (χ2v) is 4.11. The van der Waals surface area contributed by atoms with Crippen molar-refractivity contribution in [3.05, 3.63) is 34.3 Å². The minimum atomic E-state index is -0.741. The topological polar surface area (TPSA) is 33.0 Å². The van der Waals surface area contributed by atoms with Crippen LogP contribution in [-0.4, -0.2) is 6.61 Å². The zero-order chi connectivity index (χ0) is 10.9. The molecule has 0 saturated carbocycles. The highest BCUT2D eigenvalue weighted by Gasteiger charge is 2.39. The van der Waals surface area contributed by atoms with Gasteiger partial charge in [-0.05, 0) is 37.5 Å². The Balaban J connectivity index is 2.47. The van der Waals surface area contributed by atoms with Crippen molar-refractivity contribution in [3.8, 4) is 6.07 Å². The van der Waals surface area contributed by atoms with Crippen molar-refractivity contribution in [2.24, 2.45) is 0 Å². The van der Waals surface area contributed by atoms with Crippen molar-refractivity contribution in [3.63, 3.8) is 0 Å². The first kappa shape index (κ1) is 10.5. The first-order chi connectivity index (χ1) is 7.22. The molecule has 0 saturated heterocycles. The summed E-state index contributed by atoms with van der Waals surface area (Å²) in [5.74, 6) is 0. The van der Waals surface area contributed by atoms with Crippen LogP contribution in [0.3, 0.4) is 0 Å². The summed E-state index contributed by atoms with van der Waals surface area (Å²) in [5.41, 5.74) is 1.38. The molecule has 0 aromatic heterocycles. The van der Waals surface area contributed by atoms with Gasteiger partial charge in [-0.1, -0.05) is 17.7 Å². The Bertz CT molecular complexity index is 424. The molecule has 1 atom stereocenters. The van der Waals surface area contributed by atoms with E-state index in [1.807, 2.05) is 25.1 Å². The fourth-order valence-corrected chi connectivity index (χ4v) is 2.35. The van der Waals surface area contributed by atoms with Crippen molar-refractivity contribution in [2.45, 2.75) is 25.4 Å². The summed E-state index contributed by atoms with van der Waals surface area (Å²) < 4.78 is 5.60. The molecule has 0 radical (unpaired) electrons. The lowest BCUT2D eigenvalue weighted by atomic mass is 9.97. The molecule has 78 valence electrons. The molecule has 1 aliphatic rings. The van der Waals surface area contributed by atoms with Gasteiger partial charge in [0.05, 0.1) is 0 Å². The predicted octanol–water partition coefficient (Wildman–Crippen LogP) is 3.04. The van der Waals surface area contributed by atoms with Gasteiger partial charge in [-0.15, -0.1) is 0 Å². The van der Waals surface area contributed by atoms with Crippen LogP contribution in [0, 0.1) is 11.3 Å². The maximum atomic E-state index is 9.26. The van der Waals surface area contributed by atoms with Crippen LogP contribution in [0.2, 0.25) is 5.02 Å². The Labute approximate surface area is 94.4 Å². The molecule has 2 nitrogen and oxygen atoms in total. The summed E-state index contributed by atoms with van der Waals surface area (Å²) in [6.07, 6.45) is 1.59. The lowest BCUT2D eigenvalue weighted by Crippen LogP contribution is -2.24. The van der Waals surface area contributed by atoms with Crippen molar-refractivity contribution >= 4 is 11.6 Å². The number of rotatable bonds is 2. The van der Waals surface area contributed by atoms with E-state index in [1.165, 1.54) is 0 Å². The molecule has 0 heterocycles. The van der Waals surface area contributed by atoms with Crippen LogP contribution in [0.15, 0.2) is 18.2 Å². The Kier molecular flexibility index (Phi) is 2.68. The summed E-state index contributed by atoms with van der Waals surface area (Å²) >= 11 is 5.91. The molecule has 2 rings (SSSR count). The molecule has 1 aromatic rings. The minimum Gasteiger partial charge on any atom is -0.356 e. The van der Waals surface area contributed by atoms with Gasteiger partial charge in [0.2, 0.25) is 0 Å². The van der Waals surface area contributed by atoms with E-state index in [0.717, 1.165) is 29.0 Å². The van der Waals surface area contributed by atoms with E-state index in [9.17, 15) is 5.26 Å². The van der Waals surface area contributed by atoms with E-state index in [4.69, 9.17) is 16.3 Å². The largest absolute Gasteiger partial charge is 0.356 e. The molecule has 0 amide bonds. The molecule has 15 heavy (non-hydrogen) atoms. The van der Waals surface area contributed by atoms with Crippen molar-refractivity contribution < 1.29 is 4.74 Å². The van der Waals surface area contributed by atoms with E-state index in [-0.39, 0.29) is 0 Å². The fraction of sp³-hybridized carbons (Fsp3) is 0.417. The molecule has 1 aliphatic carbocycles. The van der Waals surface area contributed by atoms with Gasteiger partial charge in [0.15, 0.2) is 5.60 Å². The first-order valence-corrected chi connectivity index (χ1v) is 5.44. The summed E-state index contributed by atoms with van der Waals surface area (Å²) in [6.45, 7) is 2.46. The fourth-order valence-electron chi connectivity index (χ4n) is 2.15. The Morgan fingerprint density at radius 2 is 2.40 bits per heavy atom. The maximum Gasteiger partial charge on any atom is 0.180 e. The zero-order valence-corrected chi connectivity index (χ0v) is 9.34.